The number of para-hydroxylation sites is 3. The third kappa shape index (κ3) is 4.48. The summed E-state index contributed by atoms with van der Waals surface area (Å²) in [5.41, 5.74) is 0.883. The van der Waals surface area contributed by atoms with Crippen LogP contribution in [0.2, 0.25) is 5.02 Å². The second-order valence-electron chi connectivity index (χ2n) is 6.43. The first kappa shape index (κ1) is 19.8. The van der Waals surface area contributed by atoms with Crippen molar-refractivity contribution in [3.05, 3.63) is 47.5 Å². The standard InChI is InChI=1S/C20H22ClN3O4/c1-2-10-22-20(27)17-11-24(14-7-3-4-9-16(14)28-17)12-18(26)23-19-13(21)6-5-8-15(19)25/h3-9,17,25H,2,10-12H2,1H3,(H,22,27)(H,23,26). The van der Waals surface area contributed by atoms with E-state index in [0.29, 0.717) is 12.3 Å². The number of hydrogen-bond acceptors (Lipinski definition) is 5. The molecular weight excluding hydrogens is 382 g/mol. The van der Waals surface area contributed by atoms with E-state index < -0.39 is 6.10 Å². The Kier molecular flexibility index (Phi) is 6.26. The molecule has 0 fully saturated rings. The quantitative estimate of drug-likeness (QED) is 0.645. The van der Waals surface area contributed by atoms with Crippen LogP contribution in [0.1, 0.15) is 13.3 Å². The van der Waals surface area contributed by atoms with Gasteiger partial charge in [0.2, 0.25) is 5.91 Å². The first-order valence-electron chi connectivity index (χ1n) is 9.05. The highest BCUT2D eigenvalue weighted by Crippen LogP contribution is 2.34. The molecule has 148 valence electrons. The van der Waals surface area contributed by atoms with Crippen molar-refractivity contribution in [3.63, 3.8) is 0 Å². The highest BCUT2D eigenvalue weighted by molar-refractivity contribution is 6.34. The number of benzene rings is 2. The van der Waals surface area contributed by atoms with E-state index in [-0.39, 0.29) is 41.4 Å². The largest absolute Gasteiger partial charge is 0.506 e. The van der Waals surface area contributed by atoms with Crippen molar-refractivity contribution in [1.29, 1.82) is 0 Å². The van der Waals surface area contributed by atoms with E-state index in [0.717, 1.165) is 12.1 Å². The number of carbonyl (C=O) groups excluding carboxylic acids is 2. The van der Waals surface area contributed by atoms with Gasteiger partial charge in [-0.3, -0.25) is 9.59 Å². The zero-order chi connectivity index (χ0) is 20.1. The fraction of sp³-hybridized carbons (Fsp3) is 0.300. The molecule has 1 aliphatic heterocycles. The number of carbonyl (C=O) groups is 2. The number of hydrogen-bond donors (Lipinski definition) is 3. The Balaban J connectivity index is 1.75. The van der Waals surface area contributed by atoms with Gasteiger partial charge < -0.3 is 25.4 Å². The molecule has 2 aromatic rings. The fourth-order valence-corrected chi connectivity index (χ4v) is 3.16. The van der Waals surface area contributed by atoms with Crippen LogP contribution in [0.4, 0.5) is 11.4 Å². The summed E-state index contributed by atoms with van der Waals surface area (Å²) in [5, 5.41) is 15.6. The Morgan fingerprint density at radius 1 is 1.25 bits per heavy atom. The minimum Gasteiger partial charge on any atom is -0.506 e. The van der Waals surface area contributed by atoms with E-state index in [2.05, 4.69) is 10.6 Å². The van der Waals surface area contributed by atoms with Crippen molar-refractivity contribution in [3.8, 4) is 11.5 Å². The van der Waals surface area contributed by atoms with Crippen LogP contribution >= 0.6 is 11.6 Å². The Morgan fingerprint density at radius 2 is 2.04 bits per heavy atom. The van der Waals surface area contributed by atoms with Crippen LogP contribution in [0, 0.1) is 0 Å². The molecule has 0 bridgehead atoms. The van der Waals surface area contributed by atoms with Gasteiger partial charge in [-0.1, -0.05) is 36.7 Å². The normalized spacial score (nSPS) is 15.4. The molecule has 3 N–H and O–H groups in total. The maximum Gasteiger partial charge on any atom is 0.262 e. The van der Waals surface area contributed by atoms with E-state index in [1.54, 1.807) is 23.1 Å². The number of nitrogens with one attached hydrogen (secondary N) is 2. The molecule has 1 aliphatic rings. The van der Waals surface area contributed by atoms with Gasteiger partial charge in [-0.25, -0.2) is 0 Å². The Morgan fingerprint density at radius 3 is 2.79 bits per heavy atom. The van der Waals surface area contributed by atoms with Gasteiger partial charge in [0.25, 0.3) is 5.91 Å². The summed E-state index contributed by atoms with van der Waals surface area (Å²) in [5.74, 6) is -0.155. The van der Waals surface area contributed by atoms with E-state index >= 15 is 0 Å². The summed E-state index contributed by atoms with van der Waals surface area (Å²) in [7, 11) is 0. The first-order valence-corrected chi connectivity index (χ1v) is 9.43. The molecule has 0 aliphatic carbocycles. The Bertz CT molecular complexity index is 854. The number of phenolic OH excluding ortho intramolecular Hbond substituents is 1. The highest BCUT2D eigenvalue weighted by atomic mass is 35.5. The molecule has 2 aromatic carbocycles. The number of halogens is 1. The van der Waals surface area contributed by atoms with Crippen molar-refractivity contribution in [2.75, 3.05) is 29.9 Å². The lowest BCUT2D eigenvalue weighted by atomic mass is 10.1. The average Bonchev–Trinajstić information content (AvgIpc) is 2.69. The van der Waals surface area contributed by atoms with Crippen LogP contribution in [-0.2, 0) is 9.59 Å². The van der Waals surface area contributed by atoms with Crippen molar-refractivity contribution >= 4 is 34.8 Å². The predicted molar refractivity (Wildman–Crippen MR) is 108 cm³/mol. The Hall–Kier alpha value is -2.93. The van der Waals surface area contributed by atoms with E-state index in [9.17, 15) is 14.7 Å². The second-order valence-corrected chi connectivity index (χ2v) is 6.84. The lowest BCUT2D eigenvalue weighted by molar-refractivity contribution is -0.128. The van der Waals surface area contributed by atoms with Crippen LogP contribution in [0.15, 0.2) is 42.5 Å². The topological polar surface area (TPSA) is 90.9 Å². The van der Waals surface area contributed by atoms with Gasteiger partial charge in [0, 0.05) is 6.54 Å². The lowest BCUT2D eigenvalue weighted by Crippen LogP contribution is -2.50. The molecule has 1 atom stereocenters. The van der Waals surface area contributed by atoms with Crippen LogP contribution in [-0.4, -0.2) is 42.7 Å². The van der Waals surface area contributed by atoms with E-state index in [4.69, 9.17) is 16.3 Å². The number of ether oxygens (including phenoxy) is 1. The van der Waals surface area contributed by atoms with Gasteiger partial charge in [-0.05, 0) is 30.7 Å². The Labute approximate surface area is 168 Å². The summed E-state index contributed by atoms with van der Waals surface area (Å²) in [6, 6.07) is 11.9. The van der Waals surface area contributed by atoms with Gasteiger partial charge >= 0.3 is 0 Å². The zero-order valence-electron chi connectivity index (χ0n) is 15.4. The lowest BCUT2D eigenvalue weighted by Gasteiger charge is -2.35. The van der Waals surface area contributed by atoms with Crippen molar-refractivity contribution in [2.45, 2.75) is 19.4 Å². The monoisotopic (exact) mass is 403 g/mol. The third-order valence-electron chi connectivity index (χ3n) is 4.29. The first-order chi connectivity index (χ1) is 13.5. The van der Waals surface area contributed by atoms with Crippen LogP contribution in [0.3, 0.4) is 0 Å². The molecule has 0 aromatic heterocycles. The zero-order valence-corrected chi connectivity index (χ0v) is 16.2. The van der Waals surface area contributed by atoms with Crippen molar-refractivity contribution < 1.29 is 19.4 Å². The SMILES string of the molecule is CCCNC(=O)C1CN(CC(=O)Nc2c(O)cccc2Cl)c2ccccc2O1. The summed E-state index contributed by atoms with van der Waals surface area (Å²) in [6.07, 6.45) is 0.102. The molecule has 7 nitrogen and oxygen atoms in total. The minimum atomic E-state index is -0.719. The molecule has 0 saturated heterocycles. The predicted octanol–water partition coefficient (Wildman–Crippen LogP) is 2.78. The van der Waals surface area contributed by atoms with Gasteiger partial charge in [0.1, 0.15) is 17.2 Å². The van der Waals surface area contributed by atoms with Crippen LogP contribution in [0.25, 0.3) is 0 Å². The maximum atomic E-state index is 12.6. The molecular formula is C20H22ClN3O4. The summed E-state index contributed by atoms with van der Waals surface area (Å²) < 4.78 is 5.81. The van der Waals surface area contributed by atoms with Crippen molar-refractivity contribution in [2.24, 2.45) is 0 Å². The molecule has 8 heteroatoms. The maximum absolute atomic E-state index is 12.6. The average molecular weight is 404 g/mol. The fourth-order valence-electron chi connectivity index (χ4n) is 2.94. The van der Waals surface area contributed by atoms with Crippen LogP contribution < -0.4 is 20.3 Å². The van der Waals surface area contributed by atoms with E-state index in [1.807, 2.05) is 25.1 Å². The number of rotatable bonds is 6. The number of aromatic hydroxyl groups is 1. The number of anilines is 2. The van der Waals surface area contributed by atoms with Crippen LogP contribution in [0.5, 0.6) is 11.5 Å². The smallest absolute Gasteiger partial charge is 0.262 e. The number of amides is 2. The van der Waals surface area contributed by atoms with Gasteiger partial charge in [0.05, 0.1) is 23.8 Å². The molecule has 28 heavy (non-hydrogen) atoms. The number of fused-ring (bicyclic) bond motifs is 1. The highest BCUT2D eigenvalue weighted by Gasteiger charge is 2.31. The summed E-state index contributed by atoms with van der Waals surface area (Å²) in [4.78, 5) is 26.7. The van der Waals surface area contributed by atoms with Gasteiger partial charge in [-0.15, -0.1) is 0 Å². The molecule has 3 rings (SSSR count). The van der Waals surface area contributed by atoms with Crippen molar-refractivity contribution in [1.82, 2.24) is 5.32 Å². The van der Waals surface area contributed by atoms with Gasteiger partial charge in [0.15, 0.2) is 6.10 Å². The summed E-state index contributed by atoms with van der Waals surface area (Å²) >= 11 is 6.05. The molecule has 2 amide bonds. The van der Waals surface area contributed by atoms with Gasteiger partial charge in [-0.2, -0.15) is 0 Å². The number of nitrogens with zero attached hydrogens (tertiary/aromatic N) is 1. The molecule has 0 spiro atoms. The number of phenols is 1. The molecule has 0 radical (unpaired) electrons. The third-order valence-corrected chi connectivity index (χ3v) is 4.61. The summed E-state index contributed by atoms with van der Waals surface area (Å²) in [6.45, 7) is 2.74. The molecule has 1 heterocycles. The second kappa shape index (κ2) is 8.84. The molecule has 0 saturated carbocycles. The molecule has 1 unspecified atom stereocenters. The minimum absolute atomic E-state index is 0.0252. The van der Waals surface area contributed by atoms with E-state index in [1.165, 1.54) is 6.07 Å².